The quantitative estimate of drug-likeness (QED) is 0.369. The van der Waals surface area contributed by atoms with Crippen LogP contribution in [0.1, 0.15) is 27.2 Å². The molecular formula is C19H17N5O4. The van der Waals surface area contributed by atoms with Crippen LogP contribution in [0.25, 0.3) is 0 Å². The van der Waals surface area contributed by atoms with Gasteiger partial charge in [0, 0.05) is 24.8 Å². The molecule has 0 unspecified atom stereocenters. The molecule has 9 heteroatoms. The van der Waals surface area contributed by atoms with Crippen molar-refractivity contribution in [1.82, 2.24) is 10.2 Å². The van der Waals surface area contributed by atoms with Gasteiger partial charge in [0.2, 0.25) is 0 Å². The third-order valence-electron chi connectivity index (χ3n) is 4.05. The summed E-state index contributed by atoms with van der Waals surface area (Å²) in [6.07, 6.45) is 1.87. The number of aromatic amines is 1. The zero-order chi connectivity index (χ0) is 20.1. The van der Waals surface area contributed by atoms with Gasteiger partial charge in [0.1, 0.15) is 11.3 Å². The fourth-order valence-corrected chi connectivity index (χ4v) is 2.61. The van der Waals surface area contributed by atoms with Gasteiger partial charge in [-0.05, 0) is 35.4 Å². The number of amides is 1. The molecule has 9 nitrogen and oxygen atoms in total. The van der Waals surface area contributed by atoms with Crippen LogP contribution >= 0.6 is 0 Å². The topological polar surface area (TPSA) is 136 Å². The van der Waals surface area contributed by atoms with Gasteiger partial charge in [0.05, 0.1) is 17.7 Å². The number of aliphatic imine (C=N–C) groups is 1. The fraction of sp³-hybridized carbons (Fsp3) is 0.105. The van der Waals surface area contributed by atoms with E-state index < -0.39 is 10.8 Å². The molecule has 0 aliphatic heterocycles. The van der Waals surface area contributed by atoms with Crippen LogP contribution in [0.3, 0.4) is 0 Å². The normalized spacial score (nSPS) is 10.9. The molecule has 3 aromatic rings. The first-order valence-corrected chi connectivity index (χ1v) is 8.26. The number of nitrogens with two attached hydrogens (primary N) is 1. The van der Waals surface area contributed by atoms with E-state index in [-0.39, 0.29) is 17.1 Å². The van der Waals surface area contributed by atoms with Crippen molar-refractivity contribution in [3.05, 3.63) is 81.0 Å². The van der Waals surface area contributed by atoms with Gasteiger partial charge in [-0.2, -0.15) is 5.10 Å². The van der Waals surface area contributed by atoms with Gasteiger partial charge >= 0.3 is 0 Å². The van der Waals surface area contributed by atoms with Crippen molar-refractivity contribution < 1.29 is 14.5 Å². The third-order valence-corrected chi connectivity index (χ3v) is 4.05. The molecule has 142 valence electrons. The number of methoxy groups -OCH3 is 1. The SMILES string of the molecule is COc1ccc(C=Nc2n[nH]c(Cc3ccc([N+](=O)[O-])cc3)c2C(N)=O)cc1. The summed E-state index contributed by atoms with van der Waals surface area (Å²) < 4.78 is 5.10. The van der Waals surface area contributed by atoms with E-state index in [0.717, 1.165) is 16.9 Å². The maximum atomic E-state index is 11.9. The standard InChI is InChI=1S/C19H17N5O4/c1-28-15-8-4-13(5-9-15)11-21-19-17(18(20)25)16(22-23-19)10-12-2-6-14(7-3-12)24(26)27/h2-9,11H,10H2,1H3,(H2,20,25)(H,22,23). The Labute approximate surface area is 160 Å². The number of nitrogens with zero attached hydrogens (tertiary/aromatic N) is 3. The maximum Gasteiger partial charge on any atom is 0.269 e. The van der Waals surface area contributed by atoms with Gasteiger partial charge in [-0.3, -0.25) is 20.0 Å². The number of non-ortho nitro benzene ring substituents is 1. The summed E-state index contributed by atoms with van der Waals surface area (Å²) in [4.78, 5) is 26.4. The lowest BCUT2D eigenvalue weighted by atomic mass is 10.1. The van der Waals surface area contributed by atoms with Crippen LogP contribution in [0.2, 0.25) is 0 Å². The Bertz CT molecular complexity index is 1020. The molecule has 3 N–H and O–H groups in total. The van der Waals surface area contributed by atoms with Crippen LogP contribution in [-0.2, 0) is 6.42 Å². The summed E-state index contributed by atoms with van der Waals surface area (Å²) in [5.41, 5.74) is 7.74. The molecular weight excluding hydrogens is 362 g/mol. The number of nitrogens with one attached hydrogen (secondary N) is 1. The van der Waals surface area contributed by atoms with Crippen molar-refractivity contribution in [2.45, 2.75) is 6.42 Å². The molecule has 0 aliphatic carbocycles. The highest BCUT2D eigenvalue weighted by Crippen LogP contribution is 2.23. The van der Waals surface area contributed by atoms with E-state index in [0.29, 0.717) is 12.1 Å². The molecule has 1 heterocycles. The molecule has 3 rings (SSSR count). The molecule has 1 aromatic heterocycles. The average Bonchev–Trinajstić information content (AvgIpc) is 3.10. The number of aromatic nitrogens is 2. The number of rotatable bonds is 7. The van der Waals surface area contributed by atoms with Gasteiger partial charge < -0.3 is 10.5 Å². The van der Waals surface area contributed by atoms with Crippen molar-refractivity contribution in [3.8, 4) is 5.75 Å². The number of H-pyrrole nitrogens is 1. The number of nitro groups is 1. The molecule has 28 heavy (non-hydrogen) atoms. The molecule has 0 atom stereocenters. The van der Waals surface area contributed by atoms with E-state index >= 15 is 0 Å². The Hall–Kier alpha value is -4.01. The predicted octanol–water partition coefficient (Wildman–Crippen LogP) is 2.77. The van der Waals surface area contributed by atoms with Crippen molar-refractivity contribution in [1.29, 1.82) is 0 Å². The van der Waals surface area contributed by atoms with Crippen molar-refractivity contribution in [2.75, 3.05) is 7.11 Å². The summed E-state index contributed by atoms with van der Waals surface area (Å²) in [7, 11) is 1.58. The highest BCUT2D eigenvalue weighted by molar-refractivity contribution is 5.99. The highest BCUT2D eigenvalue weighted by Gasteiger charge is 2.18. The van der Waals surface area contributed by atoms with Crippen LogP contribution in [-0.4, -0.2) is 34.4 Å². The number of benzene rings is 2. The molecule has 0 fully saturated rings. The van der Waals surface area contributed by atoms with Gasteiger partial charge in [-0.25, -0.2) is 4.99 Å². The van der Waals surface area contributed by atoms with Crippen LogP contribution in [0.15, 0.2) is 53.5 Å². The maximum absolute atomic E-state index is 11.9. The number of carbonyl (C=O) groups is 1. The largest absolute Gasteiger partial charge is 0.497 e. The summed E-state index contributed by atoms with van der Waals surface area (Å²) in [5.74, 6) is 0.243. The first-order chi connectivity index (χ1) is 13.5. The van der Waals surface area contributed by atoms with Gasteiger partial charge in [0.25, 0.3) is 11.6 Å². The molecule has 0 saturated carbocycles. The van der Waals surface area contributed by atoms with Crippen LogP contribution in [0, 0.1) is 10.1 Å². The van der Waals surface area contributed by atoms with Gasteiger partial charge in [-0.15, -0.1) is 0 Å². The minimum absolute atomic E-state index is 0.00624. The van der Waals surface area contributed by atoms with Crippen LogP contribution in [0.5, 0.6) is 5.75 Å². The number of hydrogen-bond donors (Lipinski definition) is 2. The Morgan fingerprint density at radius 1 is 1.25 bits per heavy atom. The van der Waals surface area contributed by atoms with Crippen LogP contribution in [0.4, 0.5) is 11.5 Å². The minimum Gasteiger partial charge on any atom is -0.497 e. The van der Waals surface area contributed by atoms with E-state index in [1.807, 2.05) is 12.1 Å². The molecule has 0 bridgehead atoms. The van der Waals surface area contributed by atoms with Gasteiger partial charge in [0.15, 0.2) is 5.82 Å². The van der Waals surface area contributed by atoms with Crippen molar-refractivity contribution in [3.63, 3.8) is 0 Å². The Morgan fingerprint density at radius 3 is 2.50 bits per heavy atom. The summed E-state index contributed by atoms with van der Waals surface area (Å²) in [5, 5.41) is 17.6. The fourth-order valence-electron chi connectivity index (χ4n) is 2.61. The number of primary amides is 1. The number of ether oxygens (including phenoxy) is 1. The number of carbonyl (C=O) groups excluding carboxylic acids is 1. The smallest absolute Gasteiger partial charge is 0.269 e. The lowest BCUT2D eigenvalue weighted by molar-refractivity contribution is -0.384. The summed E-state index contributed by atoms with van der Waals surface area (Å²) in [6.45, 7) is 0. The van der Waals surface area contributed by atoms with Gasteiger partial charge in [-0.1, -0.05) is 12.1 Å². The molecule has 2 aromatic carbocycles. The zero-order valence-corrected chi connectivity index (χ0v) is 15.0. The minimum atomic E-state index is -0.660. The molecule has 0 saturated heterocycles. The summed E-state index contributed by atoms with van der Waals surface area (Å²) >= 11 is 0. The first-order valence-electron chi connectivity index (χ1n) is 8.26. The Kier molecular flexibility index (Phi) is 5.45. The Balaban J connectivity index is 1.83. The second-order valence-electron chi connectivity index (χ2n) is 5.90. The predicted molar refractivity (Wildman–Crippen MR) is 103 cm³/mol. The van der Waals surface area contributed by atoms with E-state index in [1.54, 1.807) is 37.6 Å². The van der Waals surface area contributed by atoms with Crippen LogP contribution < -0.4 is 10.5 Å². The van der Waals surface area contributed by atoms with E-state index in [2.05, 4.69) is 15.2 Å². The molecule has 0 spiro atoms. The monoisotopic (exact) mass is 379 g/mol. The molecule has 1 amide bonds. The average molecular weight is 379 g/mol. The highest BCUT2D eigenvalue weighted by atomic mass is 16.6. The van der Waals surface area contributed by atoms with E-state index in [9.17, 15) is 14.9 Å². The van der Waals surface area contributed by atoms with E-state index in [4.69, 9.17) is 10.5 Å². The van der Waals surface area contributed by atoms with E-state index in [1.165, 1.54) is 12.1 Å². The first kappa shape index (κ1) is 18.8. The number of hydrogen-bond acceptors (Lipinski definition) is 6. The molecule has 0 radical (unpaired) electrons. The Morgan fingerprint density at radius 2 is 1.93 bits per heavy atom. The summed E-state index contributed by atoms with van der Waals surface area (Å²) in [6, 6.07) is 13.3. The lowest BCUT2D eigenvalue weighted by Crippen LogP contribution is -2.13. The van der Waals surface area contributed by atoms with Crippen molar-refractivity contribution in [2.24, 2.45) is 10.7 Å². The second kappa shape index (κ2) is 8.12. The number of nitro benzene ring substituents is 1. The third kappa shape index (κ3) is 4.21. The molecule has 0 aliphatic rings. The zero-order valence-electron chi connectivity index (χ0n) is 15.0. The second-order valence-corrected chi connectivity index (χ2v) is 5.90. The van der Waals surface area contributed by atoms with Crippen molar-refractivity contribution >= 4 is 23.6 Å². The lowest BCUT2D eigenvalue weighted by Gasteiger charge is -2.02.